The summed E-state index contributed by atoms with van der Waals surface area (Å²) in [5.74, 6) is 0. The molecule has 1 heterocycles. The zero-order valence-electron chi connectivity index (χ0n) is 8.44. The highest BCUT2D eigenvalue weighted by Crippen LogP contribution is 2.33. The van der Waals surface area contributed by atoms with Crippen LogP contribution >= 0.6 is 23.5 Å². The third-order valence-corrected chi connectivity index (χ3v) is 4.75. The smallest absolute Gasteiger partial charge is 0.208 e. The molecule has 1 aliphatic heterocycles. The maximum Gasteiger partial charge on any atom is 0.208 e. The Morgan fingerprint density at radius 3 is 3.06 bits per heavy atom. The number of halogens is 1. The summed E-state index contributed by atoms with van der Waals surface area (Å²) in [4.78, 5) is 5.11. The van der Waals surface area contributed by atoms with E-state index in [1.165, 1.54) is 17.3 Å². The van der Waals surface area contributed by atoms with Crippen molar-refractivity contribution in [2.24, 2.45) is 10.1 Å². The molecule has 1 aliphatic rings. The lowest BCUT2D eigenvalue weighted by molar-refractivity contribution is 0.688. The van der Waals surface area contributed by atoms with E-state index in [0.717, 1.165) is 10.6 Å². The van der Waals surface area contributed by atoms with Crippen LogP contribution in [0.25, 0.3) is 0 Å². The van der Waals surface area contributed by atoms with Gasteiger partial charge < -0.3 is 4.72 Å². The van der Waals surface area contributed by atoms with Gasteiger partial charge in [-0.1, -0.05) is 11.6 Å². The summed E-state index contributed by atoms with van der Waals surface area (Å²) in [5.41, 5.74) is 0.725. The van der Waals surface area contributed by atoms with Gasteiger partial charge in [0.15, 0.2) is 0 Å². The van der Waals surface area contributed by atoms with E-state index in [2.05, 4.69) is 9.71 Å². The van der Waals surface area contributed by atoms with Gasteiger partial charge in [-0.05, 0) is 42.4 Å². The summed E-state index contributed by atoms with van der Waals surface area (Å²) in [5, 5.41) is 7.99. The molecule has 0 fully saturated rings. The third kappa shape index (κ3) is 2.20. The Kier molecular flexibility index (Phi) is 3.16. The Bertz CT molecular complexity index is 576. The van der Waals surface area contributed by atoms with E-state index in [-0.39, 0.29) is 5.17 Å². The van der Waals surface area contributed by atoms with E-state index in [1.54, 1.807) is 25.1 Å². The number of amidine groups is 1. The Hall–Kier alpha value is -0.690. The van der Waals surface area contributed by atoms with E-state index in [1.807, 2.05) is 0 Å². The van der Waals surface area contributed by atoms with Gasteiger partial charge in [0.1, 0.15) is 0 Å². The summed E-state index contributed by atoms with van der Waals surface area (Å²) in [6.07, 6.45) is 0. The number of hydrogen-bond donors (Lipinski definition) is 2. The van der Waals surface area contributed by atoms with Crippen LogP contribution in [0, 0.1) is 0 Å². The van der Waals surface area contributed by atoms with Crippen LogP contribution in [-0.2, 0) is 9.71 Å². The summed E-state index contributed by atoms with van der Waals surface area (Å²) in [6.45, 7) is 1.65. The standard InChI is InChI=1S/C9H10ClN3OS2/c1-2-16(11,14)9-12-7-4-3-6(10)5-8(7)15-13-9/h2-5H,1H3,(H2,11,14)(H,12,13). The summed E-state index contributed by atoms with van der Waals surface area (Å²) in [6, 6.07) is 5.31. The highest BCUT2D eigenvalue weighted by atomic mass is 35.5. The third-order valence-electron chi connectivity index (χ3n) is 2.04. The number of benzene rings is 1. The number of fused-ring (bicyclic) bond motifs is 1. The number of aliphatic imine (C=N–C) groups is 1. The lowest BCUT2D eigenvalue weighted by Gasteiger charge is -2.17. The molecule has 1 unspecified atom stereocenters. The predicted octanol–water partition coefficient (Wildman–Crippen LogP) is 1.92. The van der Waals surface area contributed by atoms with Crippen molar-refractivity contribution in [3.05, 3.63) is 23.2 Å². The molecule has 0 aliphatic carbocycles. The first-order valence-corrected chi connectivity index (χ1v) is 7.33. The molecule has 0 bridgehead atoms. The molecule has 0 spiro atoms. The molecule has 0 radical (unpaired) electrons. The van der Waals surface area contributed by atoms with Gasteiger partial charge in [-0.25, -0.2) is 9.20 Å². The van der Waals surface area contributed by atoms with Gasteiger partial charge in [-0.2, -0.15) is 0 Å². The molecule has 0 saturated heterocycles. The van der Waals surface area contributed by atoms with Crippen LogP contribution in [0.3, 0.4) is 0 Å². The Balaban J connectivity index is 2.51. The van der Waals surface area contributed by atoms with Crippen molar-refractivity contribution >= 4 is 49.5 Å². The monoisotopic (exact) mass is 275 g/mol. The van der Waals surface area contributed by atoms with Gasteiger partial charge in [0.2, 0.25) is 5.17 Å². The zero-order chi connectivity index (χ0) is 11.8. The molecule has 0 aromatic heterocycles. The lowest BCUT2D eigenvalue weighted by atomic mass is 10.3. The van der Waals surface area contributed by atoms with Gasteiger partial charge in [0, 0.05) is 5.02 Å². The molecule has 1 aromatic carbocycles. The van der Waals surface area contributed by atoms with Crippen molar-refractivity contribution in [1.29, 1.82) is 0 Å². The predicted molar refractivity (Wildman–Crippen MR) is 71.6 cm³/mol. The molecule has 2 rings (SSSR count). The normalized spacial score (nSPS) is 17.8. The van der Waals surface area contributed by atoms with E-state index in [4.69, 9.17) is 16.7 Å². The van der Waals surface area contributed by atoms with Crippen LogP contribution in [0.1, 0.15) is 6.92 Å². The zero-order valence-corrected chi connectivity index (χ0v) is 10.8. The average molecular weight is 276 g/mol. The Labute approximate surface area is 104 Å². The molecule has 16 heavy (non-hydrogen) atoms. The Morgan fingerprint density at radius 2 is 2.38 bits per heavy atom. The van der Waals surface area contributed by atoms with Crippen LogP contribution < -0.4 is 9.86 Å². The number of nitrogens with one attached hydrogen (secondary N) is 1. The minimum Gasteiger partial charge on any atom is -0.302 e. The van der Waals surface area contributed by atoms with Crippen molar-refractivity contribution in [3.8, 4) is 0 Å². The molecule has 1 atom stereocenters. The number of rotatable bonds is 0. The molecule has 3 N–H and O–H groups in total. The summed E-state index contributed by atoms with van der Waals surface area (Å²) < 4.78 is 14.7. The number of nitrogens with zero attached hydrogens (tertiary/aromatic N) is 1. The van der Waals surface area contributed by atoms with Gasteiger partial charge in [0.25, 0.3) is 0 Å². The fourth-order valence-electron chi connectivity index (χ4n) is 1.14. The average Bonchev–Trinajstić information content (AvgIpc) is 2.28. The Morgan fingerprint density at radius 1 is 1.62 bits per heavy atom. The van der Waals surface area contributed by atoms with E-state index in [9.17, 15) is 4.21 Å². The maximum atomic E-state index is 11.9. The molecule has 7 heteroatoms. The quantitative estimate of drug-likeness (QED) is 0.561. The van der Waals surface area contributed by atoms with Crippen LogP contribution in [0.2, 0.25) is 5.02 Å². The van der Waals surface area contributed by atoms with Crippen molar-refractivity contribution in [3.63, 3.8) is 0 Å². The van der Waals surface area contributed by atoms with Crippen molar-refractivity contribution in [2.45, 2.75) is 11.8 Å². The van der Waals surface area contributed by atoms with E-state index >= 15 is 0 Å². The van der Waals surface area contributed by atoms with E-state index in [0.29, 0.717) is 5.02 Å². The second-order valence-corrected chi connectivity index (χ2v) is 6.55. The number of hydrogen-bond acceptors (Lipinski definition) is 4. The molecular weight excluding hydrogens is 266 g/mol. The lowest BCUT2D eigenvalue weighted by Crippen LogP contribution is -2.34. The fraction of sp³-hybridized carbons (Fsp3) is 0.111. The second-order valence-electron chi connectivity index (χ2n) is 3.12. The highest BCUT2D eigenvalue weighted by Gasteiger charge is 2.17. The SMILES string of the molecule is CC=S(N)(=O)C1=Nc2ccc(Cl)cc2SN1. The largest absolute Gasteiger partial charge is 0.302 e. The number of nitrogens with two attached hydrogens (primary N) is 1. The van der Waals surface area contributed by atoms with Crippen LogP contribution in [0.5, 0.6) is 0 Å². The molecule has 4 nitrogen and oxygen atoms in total. The summed E-state index contributed by atoms with van der Waals surface area (Å²) >= 11 is 7.16. The minimum absolute atomic E-state index is 0.287. The topological polar surface area (TPSA) is 67.5 Å². The maximum absolute atomic E-state index is 11.9. The van der Waals surface area contributed by atoms with Crippen LogP contribution in [0.4, 0.5) is 5.69 Å². The minimum atomic E-state index is -2.66. The summed E-state index contributed by atoms with van der Waals surface area (Å²) in [7, 11) is -2.66. The van der Waals surface area contributed by atoms with Gasteiger partial charge in [-0.3, -0.25) is 5.14 Å². The molecule has 0 saturated carbocycles. The van der Waals surface area contributed by atoms with Gasteiger partial charge in [-0.15, -0.1) is 0 Å². The van der Waals surface area contributed by atoms with Crippen molar-refractivity contribution < 1.29 is 4.21 Å². The van der Waals surface area contributed by atoms with Crippen LogP contribution in [-0.4, -0.2) is 14.7 Å². The molecule has 1 aromatic rings. The first kappa shape index (κ1) is 11.8. The van der Waals surface area contributed by atoms with E-state index < -0.39 is 9.71 Å². The first-order chi connectivity index (χ1) is 7.53. The van der Waals surface area contributed by atoms with Gasteiger partial charge >= 0.3 is 0 Å². The van der Waals surface area contributed by atoms with Gasteiger partial charge in [0.05, 0.1) is 20.3 Å². The van der Waals surface area contributed by atoms with Crippen LogP contribution in [0.15, 0.2) is 28.1 Å². The van der Waals surface area contributed by atoms with Crippen molar-refractivity contribution in [2.75, 3.05) is 0 Å². The van der Waals surface area contributed by atoms with Crippen molar-refractivity contribution in [1.82, 2.24) is 4.72 Å². The highest BCUT2D eigenvalue weighted by molar-refractivity contribution is 8.14. The molecule has 86 valence electrons. The molecule has 0 amide bonds. The molecular formula is C9H10ClN3OS2. The second kappa shape index (κ2) is 4.29. The fourth-order valence-corrected chi connectivity index (χ4v) is 3.14. The first-order valence-electron chi connectivity index (χ1n) is 4.45.